The first kappa shape index (κ1) is 11.5. The molecule has 1 atom stereocenters. The molecule has 0 amide bonds. The third-order valence-corrected chi connectivity index (χ3v) is 2.60. The van der Waals surface area contributed by atoms with Gasteiger partial charge in [0.25, 0.3) is 0 Å². The van der Waals surface area contributed by atoms with Crippen molar-refractivity contribution >= 4 is 5.97 Å². The molecule has 0 bridgehead atoms. The quantitative estimate of drug-likeness (QED) is 0.675. The fourth-order valence-electron chi connectivity index (χ4n) is 1.88. The second kappa shape index (κ2) is 5.32. The molecule has 1 aliphatic heterocycles. The highest BCUT2D eigenvalue weighted by atomic mass is 16.5. The normalized spacial score (nSPS) is 27.3. The maximum atomic E-state index is 11.8. The first-order valence-corrected chi connectivity index (χ1v) is 5.12. The Morgan fingerprint density at radius 2 is 2.36 bits per heavy atom. The number of carbonyl (C=O) groups excluding carboxylic acids is 1. The van der Waals surface area contributed by atoms with Crippen LogP contribution in [0.2, 0.25) is 0 Å². The average Bonchev–Trinajstić information content (AvgIpc) is 2.20. The number of nitrogens with one attached hydrogen (secondary N) is 1. The molecular weight excluding hydrogens is 182 g/mol. The van der Waals surface area contributed by atoms with Gasteiger partial charge in [0.15, 0.2) is 0 Å². The molecule has 1 N–H and O–H groups in total. The number of piperidine rings is 1. The summed E-state index contributed by atoms with van der Waals surface area (Å²) in [6.07, 6.45) is 1.86. The predicted molar refractivity (Wildman–Crippen MR) is 53.0 cm³/mol. The molecule has 0 aromatic heterocycles. The predicted octanol–water partition coefficient (Wildman–Crippen LogP) is 0.566. The van der Waals surface area contributed by atoms with Gasteiger partial charge in [-0.1, -0.05) is 0 Å². The van der Waals surface area contributed by atoms with Gasteiger partial charge in [-0.3, -0.25) is 4.79 Å². The van der Waals surface area contributed by atoms with Gasteiger partial charge >= 0.3 is 5.97 Å². The Morgan fingerprint density at radius 3 is 2.86 bits per heavy atom. The molecule has 4 nitrogen and oxygen atoms in total. The zero-order chi connectivity index (χ0) is 10.4. The number of rotatable bonds is 4. The number of ether oxygens (including phenoxy) is 2. The lowest BCUT2D eigenvalue weighted by atomic mass is 9.81. The summed E-state index contributed by atoms with van der Waals surface area (Å²) < 4.78 is 10.2. The fourth-order valence-corrected chi connectivity index (χ4v) is 1.88. The van der Waals surface area contributed by atoms with Gasteiger partial charge in [0.2, 0.25) is 0 Å². The molecule has 0 radical (unpaired) electrons. The fraction of sp³-hybridized carbons (Fsp3) is 0.900. The highest BCUT2D eigenvalue weighted by Gasteiger charge is 2.41. The van der Waals surface area contributed by atoms with E-state index >= 15 is 0 Å². The largest absolute Gasteiger partial charge is 0.465 e. The first-order valence-electron chi connectivity index (χ1n) is 5.12. The molecule has 0 aromatic rings. The van der Waals surface area contributed by atoms with Gasteiger partial charge in [0, 0.05) is 13.7 Å². The monoisotopic (exact) mass is 201 g/mol. The van der Waals surface area contributed by atoms with E-state index in [2.05, 4.69) is 5.32 Å². The molecule has 0 spiro atoms. The maximum absolute atomic E-state index is 11.8. The summed E-state index contributed by atoms with van der Waals surface area (Å²) in [4.78, 5) is 11.8. The van der Waals surface area contributed by atoms with Gasteiger partial charge in [-0.2, -0.15) is 0 Å². The van der Waals surface area contributed by atoms with Gasteiger partial charge in [-0.15, -0.1) is 0 Å². The van der Waals surface area contributed by atoms with Crippen molar-refractivity contribution in [3.8, 4) is 0 Å². The van der Waals surface area contributed by atoms with Gasteiger partial charge < -0.3 is 14.8 Å². The van der Waals surface area contributed by atoms with Crippen molar-refractivity contribution in [2.45, 2.75) is 19.8 Å². The molecule has 0 aliphatic carbocycles. The van der Waals surface area contributed by atoms with E-state index in [0.29, 0.717) is 19.8 Å². The molecule has 1 aliphatic rings. The van der Waals surface area contributed by atoms with Crippen molar-refractivity contribution in [1.82, 2.24) is 5.32 Å². The molecule has 82 valence electrons. The van der Waals surface area contributed by atoms with Crippen LogP contribution in [0.5, 0.6) is 0 Å². The molecular formula is C10H19NO3. The number of esters is 1. The molecule has 0 unspecified atom stereocenters. The molecule has 1 rings (SSSR count). The summed E-state index contributed by atoms with van der Waals surface area (Å²) in [6.45, 7) is 4.35. The molecule has 1 fully saturated rings. The van der Waals surface area contributed by atoms with Crippen molar-refractivity contribution < 1.29 is 14.3 Å². The molecule has 14 heavy (non-hydrogen) atoms. The van der Waals surface area contributed by atoms with Crippen LogP contribution in [0.15, 0.2) is 0 Å². The van der Waals surface area contributed by atoms with Crippen LogP contribution in [0.25, 0.3) is 0 Å². The van der Waals surface area contributed by atoms with Crippen molar-refractivity contribution in [2.75, 3.05) is 33.4 Å². The lowest BCUT2D eigenvalue weighted by Gasteiger charge is -2.34. The Morgan fingerprint density at radius 1 is 1.57 bits per heavy atom. The first-order chi connectivity index (χ1) is 6.75. The Kier molecular flexibility index (Phi) is 4.35. The van der Waals surface area contributed by atoms with Crippen molar-refractivity contribution in [3.05, 3.63) is 0 Å². The molecule has 1 saturated heterocycles. The minimum Gasteiger partial charge on any atom is -0.465 e. The van der Waals surface area contributed by atoms with E-state index in [4.69, 9.17) is 9.47 Å². The summed E-state index contributed by atoms with van der Waals surface area (Å²) in [6, 6.07) is 0. The van der Waals surface area contributed by atoms with Crippen LogP contribution in [0.4, 0.5) is 0 Å². The van der Waals surface area contributed by atoms with Crippen LogP contribution >= 0.6 is 0 Å². The minimum absolute atomic E-state index is 0.131. The van der Waals surface area contributed by atoms with Crippen molar-refractivity contribution in [1.29, 1.82) is 0 Å². The second-order valence-electron chi connectivity index (χ2n) is 3.71. The lowest BCUT2D eigenvalue weighted by molar-refractivity contribution is -0.160. The van der Waals surface area contributed by atoms with Gasteiger partial charge in [0.1, 0.15) is 5.41 Å². The smallest absolute Gasteiger partial charge is 0.315 e. The summed E-state index contributed by atoms with van der Waals surface area (Å²) in [5.74, 6) is -0.131. The topological polar surface area (TPSA) is 47.6 Å². The summed E-state index contributed by atoms with van der Waals surface area (Å²) in [5, 5.41) is 3.22. The SMILES string of the molecule is CCOC(=O)[C@@]1(COC)CCCNC1. The van der Waals surface area contributed by atoms with Gasteiger partial charge in [-0.25, -0.2) is 0 Å². The van der Waals surface area contributed by atoms with Gasteiger partial charge in [-0.05, 0) is 26.3 Å². The Balaban J connectivity index is 2.63. The number of hydrogen-bond donors (Lipinski definition) is 1. The molecule has 0 aromatic carbocycles. The van der Waals surface area contributed by atoms with E-state index < -0.39 is 5.41 Å². The lowest BCUT2D eigenvalue weighted by Crippen LogP contribution is -2.49. The van der Waals surface area contributed by atoms with Crippen LogP contribution in [0.3, 0.4) is 0 Å². The third kappa shape index (κ3) is 2.45. The third-order valence-electron chi connectivity index (χ3n) is 2.60. The number of carbonyl (C=O) groups is 1. The standard InChI is InChI=1S/C10H19NO3/c1-3-14-9(12)10(8-13-2)5-4-6-11-7-10/h11H,3-8H2,1-2H3/t10-/m0/s1. The average molecular weight is 201 g/mol. The van der Waals surface area contributed by atoms with E-state index in [1.54, 1.807) is 7.11 Å². The van der Waals surface area contributed by atoms with Crippen molar-refractivity contribution in [3.63, 3.8) is 0 Å². The van der Waals surface area contributed by atoms with Gasteiger partial charge in [0.05, 0.1) is 13.2 Å². The van der Waals surface area contributed by atoms with E-state index in [-0.39, 0.29) is 5.97 Å². The minimum atomic E-state index is -0.455. The van der Waals surface area contributed by atoms with Crippen LogP contribution in [-0.2, 0) is 14.3 Å². The van der Waals surface area contributed by atoms with Crippen LogP contribution in [0, 0.1) is 5.41 Å². The molecule has 1 heterocycles. The molecule has 4 heteroatoms. The van der Waals surface area contributed by atoms with E-state index in [1.807, 2.05) is 6.92 Å². The highest BCUT2D eigenvalue weighted by Crippen LogP contribution is 2.28. The van der Waals surface area contributed by atoms with E-state index in [1.165, 1.54) is 0 Å². The Labute approximate surface area is 85.0 Å². The zero-order valence-electron chi connectivity index (χ0n) is 8.97. The van der Waals surface area contributed by atoms with Crippen LogP contribution in [-0.4, -0.2) is 39.4 Å². The number of hydrogen-bond acceptors (Lipinski definition) is 4. The van der Waals surface area contributed by atoms with Crippen LogP contribution < -0.4 is 5.32 Å². The zero-order valence-corrected chi connectivity index (χ0v) is 8.97. The molecule has 0 saturated carbocycles. The summed E-state index contributed by atoms with van der Waals surface area (Å²) >= 11 is 0. The van der Waals surface area contributed by atoms with Crippen LogP contribution in [0.1, 0.15) is 19.8 Å². The maximum Gasteiger partial charge on any atom is 0.315 e. The number of methoxy groups -OCH3 is 1. The summed E-state index contributed by atoms with van der Waals surface area (Å²) in [5.41, 5.74) is -0.455. The van der Waals surface area contributed by atoms with E-state index in [9.17, 15) is 4.79 Å². The van der Waals surface area contributed by atoms with E-state index in [0.717, 1.165) is 19.4 Å². The Hall–Kier alpha value is -0.610. The van der Waals surface area contributed by atoms with Crippen molar-refractivity contribution in [2.24, 2.45) is 5.41 Å². The Bertz CT molecular complexity index is 182. The highest BCUT2D eigenvalue weighted by molar-refractivity contribution is 5.77. The second-order valence-corrected chi connectivity index (χ2v) is 3.71. The summed E-state index contributed by atoms with van der Waals surface area (Å²) in [7, 11) is 1.62.